The van der Waals surface area contributed by atoms with Gasteiger partial charge in [-0.3, -0.25) is 9.88 Å². The van der Waals surface area contributed by atoms with E-state index in [0.717, 1.165) is 62.8 Å². The minimum atomic E-state index is 0.370. The van der Waals surface area contributed by atoms with Crippen LogP contribution >= 0.6 is 0 Å². The SMILES string of the molecule is COCc1noc(CN2CCN(c3nc(-c4ccccn4)nc4c3CCC4)CC2)n1. The molecule has 0 atom stereocenters. The second kappa shape index (κ2) is 8.45. The molecule has 1 fully saturated rings. The Labute approximate surface area is 175 Å². The molecule has 9 nitrogen and oxygen atoms in total. The highest BCUT2D eigenvalue weighted by Crippen LogP contribution is 2.31. The van der Waals surface area contributed by atoms with Gasteiger partial charge in [0.05, 0.1) is 6.54 Å². The summed E-state index contributed by atoms with van der Waals surface area (Å²) in [6.45, 7) is 4.67. The zero-order valence-electron chi connectivity index (χ0n) is 17.1. The molecule has 4 heterocycles. The van der Waals surface area contributed by atoms with E-state index in [4.69, 9.17) is 19.2 Å². The van der Waals surface area contributed by atoms with Gasteiger partial charge < -0.3 is 14.2 Å². The predicted molar refractivity (Wildman–Crippen MR) is 110 cm³/mol. The molecule has 3 aromatic heterocycles. The third-order valence-corrected chi connectivity index (χ3v) is 5.62. The number of methoxy groups -OCH3 is 1. The number of ether oxygens (including phenoxy) is 1. The van der Waals surface area contributed by atoms with Gasteiger partial charge in [-0.1, -0.05) is 11.2 Å². The van der Waals surface area contributed by atoms with Crippen molar-refractivity contribution in [2.45, 2.75) is 32.4 Å². The number of hydrogen-bond acceptors (Lipinski definition) is 9. The molecule has 2 aliphatic rings. The molecule has 30 heavy (non-hydrogen) atoms. The lowest BCUT2D eigenvalue weighted by Crippen LogP contribution is -2.46. The van der Waals surface area contributed by atoms with E-state index in [1.807, 2.05) is 18.2 Å². The van der Waals surface area contributed by atoms with Crippen LogP contribution in [0.4, 0.5) is 5.82 Å². The minimum absolute atomic E-state index is 0.370. The van der Waals surface area contributed by atoms with Crippen LogP contribution in [0, 0.1) is 0 Å². The maximum atomic E-state index is 5.33. The van der Waals surface area contributed by atoms with E-state index in [1.54, 1.807) is 13.3 Å². The van der Waals surface area contributed by atoms with Gasteiger partial charge in [-0.15, -0.1) is 0 Å². The van der Waals surface area contributed by atoms with Gasteiger partial charge in [-0.05, 0) is 31.4 Å². The van der Waals surface area contributed by atoms with Gasteiger partial charge in [0.25, 0.3) is 0 Å². The lowest BCUT2D eigenvalue weighted by atomic mass is 10.2. The molecule has 0 amide bonds. The highest BCUT2D eigenvalue weighted by atomic mass is 16.5. The molecular weight excluding hydrogens is 382 g/mol. The fraction of sp³-hybridized carbons (Fsp3) is 0.476. The molecule has 0 saturated carbocycles. The molecule has 1 saturated heterocycles. The first-order valence-corrected chi connectivity index (χ1v) is 10.4. The van der Waals surface area contributed by atoms with Gasteiger partial charge in [0.15, 0.2) is 11.6 Å². The Balaban J connectivity index is 1.30. The maximum absolute atomic E-state index is 5.33. The molecule has 0 spiro atoms. The number of aromatic nitrogens is 5. The summed E-state index contributed by atoms with van der Waals surface area (Å²) in [5.41, 5.74) is 3.32. The Morgan fingerprint density at radius 3 is 2.77 bits per heavy atom. The summed E-state index contributed by atoms with van der Waals surface area (Å²) in [6.07, 6.45) is 5.01. The van der Waals surface area contributed by atoms with E-state index in [2.05, 4.69) is 24.9 Å². The van der Waals surface area contributed by atoms with Crippen LogP contribution < -0.4 is 4.90 Å². The summed E-state index contributed by atoms with van der Waals surface area (Å²) in [7, 11) is 1.62. The molecule has 0 radical (unpaired) electrons. The molecule has 0 N–H and O–H groups in total. The number of anilines is 1. The van der Waals surface area contributed by atoms with Gasteiger partial charge in [-0.25, -0.2) is 9.97 Å². The lowest BCUT2D eigenvalue weighted by Gasteiger charge is -2.35. The quantitative estimate of drug-likeness (QED) is 0.607. The van der Waals surface area contributed by atoms with Gasteiger partial charge in [-0.2, -0.15) is 4.98 Å². The molecule has 1 aliphatic carbocycles. The van der Waals surface area contributed by atoms with Gasteiger partial charge in [0, 0.05) is 50.7 Å². The standard InChI is InChI=1S/C21H25N7O2/c1-29-14-18-24-19(30-26-18)13-27-9-11-28(12-10-27)21-15-5-4-7-16(15)23-20(25-21)17-6-2-3-8-22-17/h2-3,6,8H,4-5,7,9-14H2,1H3. The second-order valence-corrected chi connectivity index (χ2v) is 7.67. The summed E-state index contributed by atoms with van der Waals surface area (Å²) in [5.74, 6) is 3.03. The van der Waals surface area contributed by atoms with Crippen molar-refractivity contribution in [3.63, 3.8) is 0 Å². The smallest absolute Gasteiger partial charge is 0.240 e. The molecule has 1 aliphatic heterocycles. The third-order valence-electron chi connectivity index (χ3n) is 5.62. The summed E-state index contributed by atoms with van der Waals surface area (Å²) in [6, 6.07) is 5.87. The first-order valence-electron chi connectivity index (χ1n) is 10.4. The van der Waals surface area contributed by atoms with Crippen LogP contribution in [-0.4, -0.2) is 63.3 Å². The van der Waals surface area contributed by atoms with E-state index in [0.29, 0.717) is 24.9 Å². The number of piperazine rings is 1. The number of nitrogens with zero attached hydrogens (tertiary/aromatic N) is 7. The zero-order valence-corrected chi connectivity index (χ0v) is 17.1. The van der Waals surface area contributed by atoms with E-state index >= 15 is 0 Å². The normalized spacial score (nSPS) is 16.8. The van der Waals surface area contributed by atoms with Crippen LogP contribution in [0.15, 0.2) is 28.9 Å². The Bertz CT molecular complexity index is 1000. The van der Waals surface area contributed by atoms with Crippen molar-refractivity contribution in [2.75, 3.05) is 38.2 Å². The van der Waals surface area contributed by atoms with E-state index < -0.39 is 0 Å². The zero-order chi connectivity index (χ0) is 20.3. The van der Waals surface area contributed by atoms with E-state index in [-0.39, 0.29) is 0 Å². The van der Waals surface area contributed by atoms with Gasteiger partial charge >= 0.3 is 0 Å². The Kier molecular flexibility index (Phi) is 5.37. The van der Waals surface area contributed by atoms with Gasteiger partial charge in [0.2, 0.25) is 5.89 Å². The number of rotatable bonds is 6. The maximum Gasteiger partial charge on any atom is 0.240 e. The van der Waals surface area contributed by atoms with Gasteiger partial charge in [0.1, 0.15) is 18.1 Å². The fourth-order valence-electron chi connectivity index (χ4n) is 4.13. The number of hydrogen-bond donors (Lipinski definition) is 0. The molecule has 0 unspecified atom stereocenters. The number of fused-ring (bicyclic) bond motifs is 1. The van der Waals surface area contributed by atoms with Crippen LogP contribution in [0.5, 0.6) is 0 Å². The van der Waals surface area contributed by atoms with Crippen molar-refractivity contribution in [2.24, 2.45) is 0 Å². The molecule has 156 valence electrons. The third kappa shape index (κ3) is 3.90. The Morgan fingerprint density at radius 2 is 1.97 bits per heavy atom. The predicted octanol–water partition coefficient (Wildman–Crippen LogP) is 1.88. The first-order chi connectivity index (χ1) is 14.8. The van der Waals surface area contributed by atoms with Crippen LogP contribution in [0.25, 0.3) is 11.5 Å². The van der Waals surface area contributed by atoms with Crippen molar-refractivity contribution in [1.29, 1.82) is 0 Å². The van der Waals surface area contributed by atoms with Crippen LogP contribution in [0.2, 0.25) is 0 Å². The Morgan fingerprint density at radius 1 is 1.07 bits per heavy atom. The highest BCUT2D eigenvalue weighted by molar-refractivity contribution is 5.59. The monoisotopic (exact) mass is 407 g/mol. The van der Waals surface area contributed by atoms with E-state index in [1.165, 1.54) is 11.3 Å². The topological polar surface area (TPSA) is 93.3 Å². The molecule has 9 heteroatoms. The van der Waals surface area contributed by atoms with Crippen LogP contribution in [0.1, 0.15) is 29.4 Å². The summed E-state index contributed by atoms with van der Waals surface area (Å²) in [5, 5.41) is 3.94. The van der Waals surface area contributed by atoms with Crippen LogP contribution in [-0.2, 0) is 30.7 Å². The second-order valence-electron chi connectivity index (χ2n) is 7.67. The van der Waals surface area contributed by atoms with Crippen molar-refractivity contribution in [3.8, 4) is 11.5 Å². The van der Waals surface area contributed by atoms with E-state index in [9.17, 15) is 0 Å². The summed E-state index contributed by atoms with van der Waals surface area (Å²) >= 11 is 0. The van der Waals surface area contributed by atoms with Crippen molar-refractivity contribution >= 4 is 5.82 Å². The summed E-state index contributed by atoms with van der Waals surface area (Å²) < 4.78 is 10.4. The Hall–Kier alpha value is -2.91. The number of pyridine rings is 1. The first kappa shape index (κ1) is 19.1. The molecule has 5 rings (SSSR count). The average molecular weight is 407 g/mol. The largest absolute Gasteiger partial charge is 0.377 e. The highest BCUT2D eigenvalue weighted by Gasteiger charge is 2.26. The summed E-state index contributed by atoms with van der Waals surface area (Å²) in [4.78, 5) is 23.3. The van der Waals surface area contributed by atoms with Crippen molar-refractivity contribution in [1.82, 2.24) is 30.0 Å². The van der Waals surface area contributed by atoms with Crippen LogP contribution in [0.3, 0.4) is 0 Å². The minimum Gasteiger partial charge on any atom is -0.377 e. The average Bonchev–Trinajstić information content (AvgIpc) is 3.44. The molecular formula is C21H25N7O2. The van der Waals surface area contributed by atoms with Crippen molar-refractivity contribution in [3.05, 3.63) is 47.4 Å². The van der Waals surface area contributed by atoms with Crippen molar-refractivity contribution < 1.29 is 9.26 Å². The molecule has 0 aromatic carbocycles. The molecule has 0 bridgehead atoms. The molecule has 3 aromatic rings. The number of aryl methyl sites for hydroxylation is 1. The fourth-order valence-corrected chi connectivity index (χ4v) is 4.13. The lowest BCUT2D eigenvalue weighted by molar-refractivity contribution is 0.174.